The van der Waals surface area contributed by atoms with E-state index in [1.807, 2.05) is 6.07 Å². The number of aryl methyl sites for hydroxylation is 1. The third kappa shape index (κ3) is 3.98. The number of aromatic nitrogens is 1. The molecule has 0 fully saturated rings. The molecule has 1 heterocycles. The summed E-state index contributed by atoms with van der Waals surface area (Å²) in [5.41, 5.74) is 2.09. The van der Waals surface area contributed by atoms with Gasteiger partial charge in [0.15, 0.2) is 0 Å². The van der Waals surface area contributed by atoms with E-state index in [4.69, 9.17) is 0 Å². The molecule has 1 unspecified atom stereocenters. The Hall–Kier alpha value is -2.00. The second-order valence-electron chi connectivity index (χ2n) is 6.35. The number of hydrogen-bond acceptors (Lipinski definition) is 3. The maximum Gasteiger partial charge on any atom is 0.416 e. The molecular weight excluding hydrogens is 345 g/mol. The Bertz CT molecular complexity index is 824. The highest BCUT2D eigenvalue weighted by Crippen LogP contribution is 2.36. The highest BCUT2D eigenvalue weighted by Gasteiger charge is 2.32. The van der Waals surface area contributed by atoms with Gasteiger partial charge in [-0.3, -0.25) is 0 Å². The van der Waals surface area contributed by atoms with Crippen molar-refractivity contribution in [2.24, 2.45) is 5.92 Å². The van der Waals surface area contributed by atoms with E-state index in [1.165, 1.54) is 23.9 Å². The number of nitriles is 1. The van der Waals surface area contributed by atoms with Gasteiger partial charge in [-0.1, -0.05) is 25.1 Å². The molecule has 1 atom stereocenters. The van der Waals surface area contributed by atoms with Crippen LogP contribution in [-0.4, -0.2) is 4.98 Å². The normalized spacial score (nSPS) is 17.0. The lowest BCUT2D eigenvalue weighted by molar-refractivity contribution is -0.138. The van der Waals surface area contributed by atoms with Crippen LogP contribution >= 0.6 is 11.8 Å². The Morgan fingerprint density at radius 3 is 2.80 bits per heavy atom. The average molecular weight is 362 g/mol. The van der Waals surface area contributed by atoms with Crippen LogP contribution in [0.5, 0.6) is 0 Å². The van der Waals surface area contributed by atoms with Crippen LogP contribution in [0.2, 0.25) is 0 Å². The zero-order valence-electron chi connectivity index (χ0n) is 13.7. The van der Waals surface area contributed by atoms with E-state index >= 15 is 0 Å². The van der Waals surface area contributed by atoms with E-state index in [2.05, 4.69) is 18.0 Å². The first-order valence-electron chi connectivity index (χ1n) is 8.09. The maximum absolute atomic E-state index is 13.1. The van der Waals surface area contributed by atoms with Crippen LogP contribution in [0, 0.1) is 17.2 Å². The van der Waals surface area contributed by atoms with Crippen LogP contribution in [0.15, 0.2) is 35.4 Å². The van der Waals surface area contributed by atoms with Crippen LogP contribution in [0.4, 0.5) is 13.2 Å². The van der Waals surface area contributed by atoms with Crippen molar-refractivity contribution in [2.75, 3.05) is 0 Å². The van der Waals surface area contributed by atoms with Gasteiger partial charge in [0.1, 0.15) is 11.1 Å². The Kier molecular flexibility index (Phi) is 5.05. The lowest BCUT2D eigenvalue weighted by Crippen LogP contribution is -2.14. The summed E-state index contributed by atoms with van der Waals surface area (Å²) < 4.78 is 39.3. The van der Waals surface area contributed by atoms with Gasteiger partial charge in [0.05, 0.1) is 11.1 Å². The number of thioether (sulfide) groups is 1. The molecule has 1 aromatic carbocycles. The van der Waals surface area contributed by atoms with E-state index in [1.54, 1.807) is 6.07 Å². The first-order chi connectivity index (χ1) is 11.9. The lowest BCUT2D eigenvalue weighted by atomic mass is 9.87. The van der Waals surface area contributed by atoms with E-state index < -0.39 is 11.7 Å². The van der Waals surface area contributed by atoms with Crippen molar-refractivity contribution in [3.05, 3.63) is 58.3 Å². The lowest BCUT2D eigenvalue weighted by Gasteiger charge is -2.21. The predicted molar refractivity (Wildman–Crippen MR) is 91.1 cm³/mol. The maximum atomic E-state index is 13.1. The average Bonchev–Trinajstić information content (AvgIpc) is 2.58. The molecule has 0 radical (unpaired) electrons. The molecule has 0 N–H and O–H groups in total. The molecule has 0 amide bonds. The van der Waals surface area contributed by atoms with Crippen LogP contribution in [0.1, 0.15) is 41.3 Å². The first-order valence-corrected chi connectivity index (χ1v) is 9.08. The van der Waals surface area contributed by atoms with Crippen LogP contribution in [0.25, 0.3) is 0 Å². The molecule has 1 aliphatic rings. The van der Waals surface area contributed by atoms with Crippen LogP contribution in [-0.2, 0) is 24.8 Å². The van der Waals surface area contributed by atoms with Crippen molar-refractivity contribution < 1.29 is 13.2 Å². The van der Waals surface area contributed by atoms with Gasteiger partial charge < -0.3 is 0 Å². The third-order valence-corrected chi connectivity index (χ3v) is 5.45. The minimum atomic E-state index is -4.38. The summed E-state index contributed by atoms with van der Waals surface area (Å²) >= 11 is 1.20. The summed E-state index contributed by atoms with van der Waals surface area (Å²) in [7, 11) is 0. The fourth-order valence-corrected chi connectivity index (χ4v) is 4.07. The molecule has 1 aliphatic carbocycles. The largest absolute Gasteiger partial charge is 0.416 e. The number of pyridine rings is 1. The number of halogens is 3. The zero-order chi connectivity index (χ0) is 18.0. The molecule has 2 aromatic rings. The van der Waals surface area contributed by atoms with Gasteiger partial charge in [-0.25, -0.2) is 4.98 Å². The van der Waals surface area contributed by atoms with Crippen molar-refractivity contribution in [3.63, 3.8) is 0 Å². The zero-order valence-corrected chi connectivity index (χ0v) is 14.5. The van der Waals surface area contributed by atoms with Gasteiger partial charge in [0.2, 0.25) is 0 Å². The van der Waals surface area contributed by atoms with E-state index in [0.717, 1.165) is 36.6 Å². The molecule has 2 nitrogen and oxygen atoms in total. The van der Waals surface area contributed by atoms with Gasteiger partial charge in [-0.05, 0) is 48.4 Å². The molecule has 0 aliphatic heterocycles. The molecule has 130 valence electrons. The van der Waals surface area contributed by atoms with Crippen molar-refractivity contribution in [1.29, 1.82) is 5.26 Å². The minimum Gasteiger partial charge on any atom is -0.245 e. The van der Waals surface area contributed by atoms with Crippen molar-refractivity contribution in [3.8, 4) is 6.07 Å². The highest BCUT2D eigenvalue weighted by molar-refractivity contribution is 7.98. The molecule has 0 bridgehead atoms. The Labute approximate surface area is 149 Å². The molecule has 0 spiro atoms. The van der Waals surface area contributed by atoms with Crippen LogP contribution in [0.3, 0.4) is 0 Å². The summed E-state index contributed by atoms with van der Waals surface area (Å²) in [6, 6.07) is 9.53. The second kappa shape index (κ2) is 7.09. The molecule has 6 heteroatoms. The van der Waals surface area contributed by atoms with Gasteiger partial charge in [0.25, 0.3) is 0 Å². The summed E-state index contributed by atoms with van der Waals surface area (Å²) in [5, 5.41) is 9.90. The molecule has 25 heavy (non-hydrogen) atoms. The second-order valence-corrected chi connectivity index (χ2v) is 7.31. The molecule has 0 saturated carbocycles. The van der Waals surface area contributed by atoms with Crippen molar-refractivity contribution in [1.82, 2.24) is 4.98 Å². The van der Waals surface area contributed by atoms with Gasteiger partial charge in [0, 0.05) is 11.4 Å². The fourth-order valence-electron chi connectivity index (χ4n) is 3.09. The topological polar surface area (TPSA) is 36.7 Å². The van der Waals surface area contributed by atoms with Crippen molar-refractivity contribution >= 4 is 11.8 Å². The predicted octanol–water partition coefficient (Wildman–Crippen LogP) is 5.39. The molecule has 0 saturated heterocycles. The van der Waals surface area contributed by atoms with Gasteiger partial charge >= 0.3 is 6.18 Å². The molecule has 1 aromatic heterocycles. The summed E-state index contributed by atoms with van der Waals surface area (Å²) in [6.07, 6.45) is -1.57. The standard InChI is InChI=1S/C19H17F3N2S/c1-12-6-7-17-14(8-12)9-15(10-23)18(24-17)25-11-13-4-2-3-5-16(13)19(20,21)22/h2-5,9,12H,6-8,11H2,1H3. The van der Waals surface area contributed by atoms with Crippen molar-refractivity contribution in [2.45, 2.75) is 43.1 Å². The summed E-state index contributed by atoms with van der Waals surface area (Å²) in [5.74, 6) is 0.699. The third-order valence-electron chi connectivity index (χ3n) is 4.41. The SMILES string of the molecule is CC1CCc2nc(SCc3ccccc3C(F)(F)F)c(C#N)cc2C1. The van der Waals surface area contributed by atoms with Crippen LogP contribution < -0.4 is 0 Å². The summed E-state index contributed by atoms with van der Waals surface area (Å²) in [4.78, 5) is 4.58. The van der Waals surface area contributed by atoms with E-state index in [-0.39, 0.29) is 11.3 Å². The van der Waals surface area contributed by atoms with E-state index in [0.29, 0.717) is 16.5 Å². The molecular formula is C19H17F3N2S. The monoisotopic (exact) mass is 362 g/mol. The number of fused-ring (bicyclic) bond motifs is 1. The Morgan fingerprint density at radius 1 is 1.32 bits per heavy atom. The van der Waals surface area contributed by atoms with Gasteiger partial charge in [-0.15, -0.1) is 11.8 Å². The Morgan fingerprint density at radius 2 is 2.08 bits per heavy atom. The summed E-state index contributed by atoms with van der Waals surface area (Å²) in [6.45, 7) is 2.17. The molecule has 3 rings (SSSR count). The number of alkyl halides is 3. The number of nitrogens with zero attached hydrogens (tertiary/aromatic N) is 2. The smallest absolute Gasteiger partial charge is 0.245 e. The van der Waals surface area contributed by atoms with Gasteiger partial charge in [-0.2, -0.15) is 18.4 Å². The number of benzene rings is 1. The first kappa shape index (κ1) is 17.8. The minimum absolute atomic E-state index is 0.132. The quantitative estimate of drug-likeness (QED) is 0.687. The number of rotatable bonds is 3. The fraction of sp³-hybridized carbons (Fsp3) is 0.368. The number of hydrogen-bond donors (Lipinski definition) is 0. The van der Waals surface area contributed by atoms with E-state index in [9.17, 15) is 18.4 Å². The Balaban J connectivity index is 1.86. The highest BCUT2D eigenvalue weighted by atomic mass is 32.2.